The van der Waals surface area contributed by atoms with Crippen molar-refractivity contribution in [1.82, 2.24) is 0 Å². The van der Waals surface area contributed by atoms with Crippen LogP contribution in [0.25, 0.3) is 0 Å². The Hall–Kier alpha value is -1.42. The molecule has 0 fully saturated rings. The van der Waals surface area contributed by atoms with Crippen LogP contribution in [0.5, 0.6) is 5.75 Å². The van der Waals surface area contributed by atoms with E-state index < -0.39 is 14.2 Å². The average Bonchev–Trinajstić information content (AvgIpc) is 2.86. The molecule has 0 saturated carbocycles. The molecule has 5 nitrogen and oxygen atoms in total. The van der Waals surface area contributed by atoms with Crippen molar-refractivity contribution >= 4 is 36.9 Å². The van der Waals surface area contributed by atoms with Crippen LogP contribution in [0.1, 0.15) is 58.6 Å². The van der Waals surface area contributed by atoms with E-state index >= 15 is 0 Å². The number of rotatable bonds is 15. The van der Waals surface area contributed by atoms with Gasteiger partial charge in [0.25, 0.3) is 0 Å². The molecule has 38 heavy (non-hydrogen) atoms. The largest absolute Gasteiger partial charge is 0.497 e. The SMILES string of the molecule is COc1ccc(COC(CCc2ccc(I)cc2)C(CCO[Si](C)(C)C(C)(C)C)C(=O)OCC(C)C)cc1. The minimum absolute atomic E-state index is 0.107. The van der Waals surface area contributed by atoms with Gasteiger partial charge >= 0.3 is 5.97 Å². The van der Waals surface area contributed by atoms with Crippen molar-refractivity contribution < 1.29 is 23.4 Å². The van der Waals surface area contributed by atoms with Crippen LogP contribution in [0.15, 0.2) is 48.5 Å². The van der Waals surface area contributed by atoms with Crippen LogP contribution in [-0.2, 0) is 31.7 Å². The number of carbonyl (C=O) groups is 1. The van der Waals surface area contributed by atoms with Crippen LogP contribution in [-0.4, -0.2) is 40.7 Å². The Morgan fingerprint density at radius 1 is 0.947 bits per heavy atom. The topological polar surface area (TPSA) is 54.0 Å². The molecule has 2 atom stereocenters. The van der Waals surface area contributed by atoms with Gasteiger partial charge in [0.15, 0.2) is 8.32 Å². The highest BCUT2D eigenvalue weighted by Crippen LogP contribution is 2.37. The average molecular weight is 655 g/mol. The Morgan fingerprint density at radius 3 is 2.11 bits per heavy atom. The van der Waals surface area contributed by atoms with Crippen molar-refractivity contribution in [3.63, 3.8) is 0 Å². The molecule has 0 saturated heterocycles. The standard InChI is InChI=1S/C31H47IO5Si/c1-23(2)21-36-30(33)28(19-20-37-38(7,8)31(3,4)5)29(18-13-24-9-14-26(32)15-10-24)35-22-25-11-16-27(34-6)17-12-25/h9-12,14-17,23,28-29H,13,18-22H2,1-8H3. The van der Waals surface area contributed by atoms with Crippen molar-refractivity contribution in [3.05, 3.63) is 63.2 Å². The predicted octanol–water partition coefficient (Wildman–Crippen LogP) is 8.05. The zero-order chi connectivity index (χ0) is 28.3. The fraction of sp³-hybridized carbons (Fsp3) is 0.581. The minimum atomic E-state index is -1.94. The van der Waals surface area contributed by atoms with E-state index in [1.165, 1.54) is 9.13 Å². The number of methoxy groups -OCH3 is 1. The predicted molar refractivity (Wildman–Crippen MR) is 166 cm³/mol. The summed E-state index contributed by atoms with van der Waals surface area (Å²) in [5.74, 6) is 0.482. The summed E-state index contributed by atoms with van der Waals surface area (Å²) in [6.07, 6.45) is 1.82. The second-order valence-electron chi connectivity index (χ2n) is 11.9. The monoisotopic (exact) mass is 654 g/mol. The molecule has 7 heteroatoms. The molecule has 0 aliphatic carbocycles. The van der Waals surface area contributed by atoms with Crippen molar-refractivity contribution in [2.75, 3.05) is 20.3 Å². The summed E-state index contributed by atoms with van der Waals surface area (Å²) in [5.41, 5.74) is 2.27. The minimum Gasteiger partial charge on any atom is -0.497 e. The lowest BCUT2D eigenvalue weighted by molar-refractivity contribution is -0.157. The highest BCUT2D eigenvalue weighted by Gasteiger charge is 2.38. The first-order valence-electron chi connectivity index (χ1n) is 13.6. The van der Waals surface area contributed by atoms with E-state index in [2.05, 4.69) is 94.6 Å². The Kier molecular flexibility index (Phi) is 13.3. The number of hydrogen-bond acceptors (Lipinski definition) is 5. The van der Waals surface area contributed by atoms with E-state index in [4.69, 9.17) is 18.6 Å². The number of aryl methyl sites for hydroxylation is 1. The van der Waals surface area contributed by atoms with Gasteiger partial charge in [-0.15, -0.1) is 0 Å². The van der Waals surface area contributed by atoms with Gasteiger partial charge in [-0.1, -0.05) is 58.9 Å². The fourth-order valence-corrected chi connectivity index (χ4v) is 5.18. The maximum atomic E-state index is 13.4. The third kappa shape index (κ3) is 11.0. The number of esters is 1. The molecule has 212 valence electrons. The van der Waals surface area contributed by atoms with Gasteiger partial charge in [-0.25, -0.2) is 0 Å². The van der Waals surface area contributed by atoms with E-state index in [-0.39, 0.29) is 23.0 Å². The van der Waals surface area contributed by atoms with Crippen molar-refractivity contribution in [2.24, 2.45) is 11.8 Å². The van der Waals surface area contributed by atoms with Crippen LogP contribution in [0.4, 0.5) is 0 Å². The van der Waals surface area contributed by atoms with Crippen molar-refractivity contribution in [1.29, 1.82) is 0 Å². The summed E-state index contributed by atoms with van der Waals surface area (Å²) in [4.78, 5) is 13.4. The molecule has 2 aromatic carbocycles. The molecule has 0 N–H and O–H groups in total. The molecule has 0 aliphatic rings. The van der Waals surface area contributed by atoms with E-state index in [1.807, 2.05) is 24.3 Å². The fourth-order valence-electron chi connectivity index (χ4n) is 3.75. The second-order valence-corrected chi connectivity index (χ2v) is 17.9. The van der Waals surface area contributed by atoms with Gasteiger partial charge in [-0.2, -0.15) is 0 Å². The maximum Gasteiger partial charge on any atom is 0.311 e. The highest BCUT2D eigenvalue weighted by molar-refractivity contribution is 14.1. The smallest absolute Gasteiger partial charge is 0.311 e. The van der Waals surface area contributed by atoms with E-state index in [0.29, 0.717) is 26.2 Å². The number of halogens is 1. The number of ether oxygens (including phenoxy) is 3. The van der Waals surface area contributed by atoms with Crippen LogP contribution in [0.2, 0.25) is 18.1 Å². The van der Waals surface area contributed by atoms with Gasteiger partial charge in [0, 0.05) is 10.2 Å². The zero-order valence-electron chi connectivity index (χ0n) is 24.5. The quantitative estimate of drug-likeness (QED) is 0.111. The van der Waals surface area contributed by atoms with Gasteiger partial charge in [-0.3, -0.25) is 4.79 Å². The number of carbonyl (C=O) groups excluding carboxylic acids is 1. The van der Waals surface area contributed by atoms with Crippen molar-refractivity contribution in [2.45, 2.75) is 84.7 Å². The Bertz CT molecular complexity index is 967. The summed E-state index contributed by atoms with van der Waals surface area (Å²) < 4.78 is 25.2. The second kappa shape index (κ2) is 15.4. The molecule has 0 heterocycles. The third-order valence-corrected chi connectivity index (χ3v) is 12.5. The molecule has 0 aromatic heterocycles. The first-order chi connectivity index (χ1) is 17.8. The third-order valence-electron chi connectivity index (χ3n) is 7.26. The molecule has 2 aromatic rings. The van der Waals surface area contributed by atoms with Gasteiger partial charge in [0.2, 0.25) is 0 Å². The van der Waals surface area contributed by atoms with Gasteiger partial charge in [-0.05, 0) is 101 Å². The molecule has 0 spiro atoms. The van der Waals surface area contributed by atoms with Crippen LogP contribution < -0.4 is 4.74 Å². The highest BCUT2D eigenvalue weighted by atomic mass is 127. The Morgan fingerprint density at radius 2 is 1.55 bits per heavy atom. The van der Waals surface area contributed by atoms with E-state index in [1.54, 1.807) is 7.11 Å². The molecule has 0 bridgehead atoms. The summed E-state index contributed by atoms with van der Waals surface area (Å²) in [6, 6.07) is 16.4. The number of benzene rings is 2. The molecule has 2 unspecified atom stereocenters. The lowest BCUT2D eigenvalue weighted by Crippen LogP contribution is -2.42. The molecule has 0 aliphatic heterocycles. The van der Waals surface area contributed by atoms with E-state index in [0.717, 1.165) is 24.2 Å². The first-order valence-corrected chi connectivity index (χ1v) is 17.6. The summed E-state index contributed by atoms with van der Waals surface area (Å²) >= 11 is 2.32. The van der Waals surface area contributed by atoms with Crippen LogP contribution in [0.3, 0.4) is 0 Å². The molecular weight excluding hydrogens is 607 g/mol. The van der Waals surface area contributed by atoms with Gasteiger partial charge in [0.1, 0.15) is 5.75 Å². The summed E-state index contributed by atoms with van der Waals surface area (Å²) in [7, 11) is -0.282. The molecule has 2 rings (SSSR count). The van der Waals surface area contributed by atoms with Crippen molar-refractivity contribution in [3.8, 4) is 5.75 Å². The van der Waals surface area contributed by atoms with Gasteiger partial charge < -0.3 is 18.6 Å². The molecular formula is C31H47IO5Si. The maximum absolute atomic E-state index is 13.4. The summed E-state index contributed by atoms with van der Waals surface area (Å²) in [5, 5.41) is 0.107. The lowest BCUT2D eigenvalue weighted by Gasteiger charge is -2.37. The van der Waals surface area contributed by atoms with Gasteiger partial charge in [0.05, 0.1) is 32.3 Å². The lowest BCUT2D eigenvalue weighted by atomic mass is 9.93. The van der Waals surface area contributed by atoms with Crippen LogP contribution in [0, 0.1) is 15.4 Å². The summed E-state index contributed by atoms with van der Waals surface area (Å²) in [6.45, 7) is 16.6. The van der Waals surface area contributed by atoms with E-state index in [9.17, 15) is 4.79 Å². The Balaban J connectivity index is 2.24. The molecule has 0 radical (unpaired) electrons. The van der Waals surface area contributed by atoms with Crippen LogP contribution >= 0.6 is 22.6 Å². The number of hydrogen-bond donors (Lipinski definition) is 0. The normalized spacial score (nSPS) is 13.8. The molecule has 0 amide bonds. The zero-order valence-corrected chi connectivity index (χ0v) is 27.7. The first kappa shape index (κ1) is 32.8. The Labute approximate surface area is 245 Å².